The lowest BCUT2D eigenvalue weighted by molar-refractivity contribution is 0.0717. The maximum absolute atomic E-state index is 13.1. The van der Waals surface area contributed by atoms with E-state index in [0.717, 1.165) is 48.0 Å². The molecule has 1 aliphatic heterocycles. The summed E-state index contributed by atoms with van der Waals surface area (Å²) in [6.45, 7) is 1.58. The molecule has 25 heavy (non-hydrogen) atoms. The second-order valence-corrected chi connectivity index (χ2v) is 6.63. The summed E-state index contributed by atoms with van der Waals surface area (Å²) < 4.78 is 0. The van der Waals surface area contributed by atoms with Gasteiger partial charge in [0.1, 0.15) is 0 Å². The largest absolute Gasteiger partial charge is 0.381 e. The monoisotopic (exact) mass is 330 g/mol. The number of anilines is 1. The van der Waals surface area contributed by atoms with Gasteiger partial charge in [0.2, 0.25) is 0 Å². The molecule has 3 nitrogen and oxygen atoms in total. The van der Waals surface area contributed by atoms with Crippen molar-refractivity contribution >= 4 is 22.4 Å². The van der Waals surface area contributed by atoms with Gasteiger partial charge < -0.3 is 10.2 Å². The van der Waals surface area contributed by atoms with Gasteiger partial charge in [-0.3, -0.25) is 4.79 Å². The van der Waals surface area contributed by atoms with E-state index >= 15 is 0 Å². The highest BCUT2D eigenvalue weighted by molar-refractivity contribution is 6.07. The predicted octanol–water partition coefficient (Wildman–Crippen LogP) is 4.56. The van der Waals surface area contributed by atoms with Crippen LogP contribution in [0.2, 0.25) is 0 Å². The highest BCUT2D eigenvalue weighted by Crippen LogP contribution is 2.23. The van der Waals surface area contributed by atoms with Gasteiger partial charge in [0.05, 0.1) is 0 Å². The molecule has 1 saturated heterocycles. The van der Waals surface area contributed by atoms with Crippen LogP contribution in [0.5, 0.6) is 0 Å². The smallest absolute Gasteiger partial charge is 0.254 e. The summed E-state index contributed by atoms with van der Waals surface area (Å²) in [6, 6.07) is 24.6. The van der Waals surface area contributed by atoms with Crippen LogP contribution < -0.4 is 5.32 Å². The van der Waals surface area contributed by atoms with Crippen LogP contribution in [-0.2, 0) is 0 Å². The number of likely N-dealkylation sites (tertiary alicyclic amines) is 1. The van der Waals surface area contributed by atoms with Crippen LogP contribution in [0.1, 0.15) is 23.2 Å². The summed E-state index contributed by atoms with van der Waals surface area (Å²) in [7, 11) is 0. The minimum absolute atomic E-state index is 0.136. The molecule has 1 heterocycles. The first kappa shape index (κ1) is 15.7. The Bertz CT molecular complexity index is 870. The summed E-state index contributed by atoms with van der Waals surface area (Å²) >= 11 is 0. The number of fused-ring (bicyclic) bond motifs is 1. The third-order valence-electron chi connectivity index (χ3n) is 4.87. The van der Waals surface area contributed by atoms with E-state index in [-0.39, 0.29) is 5.91 Å². The number of piperidine rings is 1. The van der Waals surface area contributed by atoms with E-state index in [1.54, 1.807) is 0 Å². The minimum atomic E-state index is 0.136. The minimum Gasteiger partial charge on any atom is -0.381 e. The molecule has 1 N–H and O–H groups in total. The van der Waals surface area contributed by atoms with Crippen molar-refractivity contribution < 1.29 is 4.79 Å². The van der Waals surface area contributed by atoms with E-state index in [0.29, 0.717) is 6.04 Å². The molecule has 0 saturated carbocycles. The molecule has 1 fully saturated rings. The second-order valence-electron chi connectivity index (χ2n) is 6.63. The molecular weight excluding hydrogens is 308 g/mol. The van der Waals surface area contributed by atoms with Gasteiger partial charge in [0.25, 0.3) is 5.91 Å². The molecule has 0 spiro atoms. The molecule has 126 valence electrons. The number of benzene rings is 3. The Labute approximate surface area is 148 Å². The van der Waals surface area contributed by atoms with Crippen molar-refractivity contribution in [3.8, 4) is 0 Å². The predicted molar refractivity (Wildman–Crippen MR) is 103 cm³/mol. The lowest BCUT2D eigenvalue weighted by Gasteiger charge is -2.34. The quantitative estimate of drug-likeness (QED) is 0.764. The third-order valence-corrected chi connectivity index (χ3v) is 4.87. The highest BCUT2D eigenvalue weighted by atomic mass is 16.2. The molecular formula is C22H22N2O. The zero-order chi connectivity index (χ0) is 17.1. The number of carbonyl (C=O) groups is 1. The second kappa shape index (κ2) is 6.98. The Morgan fingerprint density at radius 3 is 2.56 bits per heavy atom. The first-order valence-corrected chi connectivity index (χ1v) is 8.90. The lowest BCUT2D eigenvalue weighted by atomic mass is 10.0. The van der Waals surface area contributed by atoms with E-state index in [2.05, 4.69) is 29.6 Å². The zero-order valence-electron chi connectivity index (χ0n) is 14.2. The Hall–Kier alpha value is -2.81. The van der Waals surface area contributed by atoms with Crippen LogP contribution in [0.15, 0.2) is 72.8 Å². The van der Waals surface area contributed by atoms with Gasteiger partial charge in [-0.1, -0.05) is 54.6 Å². The van der Waals surface area contributed by atoms with Crippen molar-refractivity contribution in [2.24, 2.45) is 0 Å². The van der Waals surface area contributed by atoms with Crippen LogP contribution >= 0.6 is 0 Å². The Morgan fingerprint density at radius 2 is 1.68 bits per heavy atom. The molecule has 0 aliphatic carbocycles. The van der Waals surface area contributed by atoms with Gasteiger partial charge in [0.15, 0.2) is 0 Å². The maximum Gasteiger partial charge on any atom is 0.254 e. The first-order chi connectivity index (χ1) is 12.3. The number of hydrogen-bond acceptors (Lipinski definition) is 2. The number of rotatable bonds is 3. The van der Waals surface area contributed by atoms with Crippen LogP contribution in [0.3, 0.4) is 0 Å². The fraction of sp³-hybridized carbons (Fsp3) is 0.227. The van der Waals surface area contributed by atoms with Gasteiger partial charge in [-0.25, -0.2) is 0 Å². The topological polar surface area (TPSA) is 32.3 Å². The van der Waals surface area contributed by atoms with E-state index in [1.165, 1.54) is 0 Å². The molecule has 0 bridgehead atoms. The van der Waals surface area contributed by atoms with Crippen molar-refractivity contribution in [1.29, 1.82) is 0 Å². The fourth-order valence-corrected chi connectivity index (χ4v) is 3.63. The highest BCUT2D eigenvalue weighted by Gasteiger charge is 2.25. The SMILES string of the molecule is O=C(c1cccc2ccccc12)N1CCC[C@@H](Nc2ccccc2)C1. The maximum atomic E-state index is 13.1. The van der Waals surface area contributed by atoms with Crippen molar-refractivity contribution in [1.82, 2.24) is 4.90 Å². The summed E-state index contributed by atoms with van der Waals surface area (Å²) in [4.78, 5) is 15.1. The summed E-state index contributed by atoms with van der Waals surface area (Å²) in [5, 5.41) is 5.71. The van der Waals surface area contributed by atoms with Crippen LogP contribution in [0.4, 0.5) is 5.69 Å². The molecule has 0 unspecified atom stereocenters. The van der Waals surface area contributed by atoms with Gasteiger partial charge >= 0.3 is 0 Å². The van der Waals surface area contributed by atoms with Gasteiger partial charge in [-0.15, -0.1) is 0 Å². The van der Waals surface area contributed by atoms with Gasteiger partial charge in [-0.05, 0) is 41.8 Å². The molecule has 1 atom stereocenters. The molecule has 1 aliphatic rings. The molecule has 1 amide bonds. The van der Waals surface area contributed by atoms with Crippen LogP contribution in [0, 0.1) is 0 Å². The number of para-hydroxylation sites is 1. The number of hydrogen-bond donors (Lipinski definition) is 1. The first-order valence-electron chi connectivity index (χ1n) is 8.90. The molecule has 0 radical (unpaired) electrons. The molecule has 4 rings (SSSR count). The van der Waals surface area contributed by atoms with Crippen molar-refractivity contribution in [2.45, 2.75) is 18.9 Å². The van der Waals surface area contributed by atoms with E-state index < -0.39 is 0 Å². The number of carbonyl (C=O) groups excluding carboxylic acids is 1. The lowest BCUT2D eigenvalue weighted by Crippen LogP contribution is -2.45. The van der Waals surface area contributed by atoms with E-state index in [1.807, 2.05) is 53.4 Å². The zero-order valence-corrected chi connectivity index (χ0v) is 14.2. The Morgan fingerprint density at radius 1 is 0.920 bits per heavy atom. The Balaban J connectivity index is 1.53. The summed E-state index contributed by atoms with van der Waals surface area (Å²) in [6.07, 6.45) is 2.12. The van der Waals surface area contributed by atoms with Crippen molar-refractivity contribution in [3.63, 3.8) is 0 Å². The number of nitrogens with one attached hydrogen (secondary N) is 1. The van der Waals surface area contributed by atoms with Crippen molar-refractivity contribution in [2.75, 3.05) is 18.4 Å². The van der Waals surface area contributed by atoms with Crippen LogP contribution in [0.25, 0.3) is 10.8 Å². The van der Waals surface area contributed by atoms with Gasteiger partial charge in [0, 0.05) is 30.4 Å². The average molecular weight is 330 g/mol. The average Bonchev–Trinajstić information content (AvgIpc) is 2.68. The number of nitrogens with zero attached hydrogens (tertiary/aromatic N) is 1. The third kappa shape index (κ3) is 3.36. The van der Waals surface area contributed by atoms with E-state index in [4.69, 9.17) is 0 Å². The molecule has 3 aromatic rings. The number of amides is 1. The fourth-order valence-electron chi connectivity index (χ4n) is 3.63. The standard InChI is InChI=1S/C22H22N2O/c25-22(21-14-6-9-17-8-4-5-13-20(17)21)24-15-7-12-19(16-24)23-18-10-2-1-3-11-18/h1-6,8-11,13-14,19,23H,7,12,15-16H2/t19-/m1/s1. The Kier molecular flexibility index (Phi) is 4.38. The van der Waals surface area contributed by atoms with Crippen LogP contribution in [-0.4, -0.2) is 29.9 Å². The molecule has 3 aromatic carbocycles. The van der Waals surface area contributed by atoms with E-state index in [9.17, 15) is 4.79 Å². The summed E-state index contributed by atoms with van der Waals surface area (Å²) in [5.74, 6) is 0.136. The van der Waals surface area contributed by atoms with Gasteiger partial charge in [-0.2, -0.15) is 0 Å². The summed E-state index contributed by atoms with van der Waals surface area (Å²) in [5.41, 5.74) is 1.92. The normalized spacial score (nSPS) is 17.4. The molecule has 0 aromatic heterocycles. The molecule has 3 heteroatoms. The van der Waals surface area contributed by atoms with Crippen molar-refractivity contribution in [3.05, 3.63) is 78.4 Å².